The van der Waals surface area contributed by atoms with E-state index in [2.05, 4.69) is 17.2 Å². The topological polar surface area (TPSA) is 53.6 Å². The monoisotopic (exact) mass is 422 g/mol. The molecule has 126 valence electrons. The van der Waals surface area contributed by atoms with Crippen LogP contribution in [0, 0.1) is 5.82 Å². The standard InChI is InChI=1S/C16H27FN4.HI/c1-4-7-10-19-16(18)20-12-13-8-9-15(14(17)11-13)21(5-2)6-3;/h8-9,11H,4-7,10,12H2,1-3H3,(H3,18,19,20);1H. The van der Waals surface area contributed by atoms with Gasteiger partial charge in [-0.25, -0.2) is 9.38 Å². The summed E-state index contributed by atoms with van der Waals surface area (Å²) in [6, 6.07) is 5.25. The molecule has 1 rings (SSSR count). The smallest absolute Gasteiger partial charge is 0.188 e. The quantitative estimate of drug-likeness (QED) is 0.292. The summed E-state index contributed by atoms with van der Waals surface area (Å²) in [5.74, 6) is 0.209. The fourth-order valence-electron chi connectivity index (χ4n) is 2.10. The van der Waals surface area contributed by atoms with E-state index in [1.165, 1.54) is 6.07 Å². The fourth-order valence-corrected chi connectivity index (χ4v) is 2.10. The summed E-state index contributed by atoms with van der Waals surface area (Å²) in [6.45, 7) is 8.95. The molecule has 3 N–H and O–H groups in total. The summed E-state index contributed by atoms with van der Waals surface area (Å²) in [5, 5.41) is 3.04. The van der Waals surface area contributed by atoms with Gasteiger partial charge in [0.1, 0.15) is 5.82 Å². The second-order valence-corrected chi connectivity index (χ2v) is 4.94. The van der Waals surface area contributed by atoms with Gasteiger partial charge in [0.15, 0.2) is 5.96 Å². The molecule has 0 spiro atoms. The molecule has 0 radical (unpaired) electrons. The number of nitrogens with two attached hydrogens (primary N) is 1. The highest BCUT2D eigenvalue weighted by atomic mass is 127. The maximum absolute atomic E-state index is 14.1. The van der Waals surface area contributed by atoms with Gasteiger partial charge in [0.05, 0.1) is 12.2 Å². The van der Waals surface area contributed by atoms with Crippen molar-refractivity contribution in [2.45, 2.75) is 40.2 Å². The lowest BCUT2D eigenvalue weighted by Gasteiger charge is -2.21. The van der Waals surface area contributed by atoms with Crippen molar-refractivity contribution in [1.82, 2.24) is 5.32 Å². The summed E-state index contributed by atoms with van der Waals surface area (Å²) >= 11 is 0. The SMILES string of the molecule is CCCCNC(N)=NCc1ccc(N(CC)CC)c(F)c1.I. The van der Waals surface area contributed by atoms with Crippen LogP contribution in [0.15, 0.2) is 23.2 Å². The molecule has 0 heterocycles. The van der Waals surface area contributed by atoms with Crippen LogP contribution in [0.1, 0.15) is 39.2 Å². The minimum Gasteiger partial charge on any atom is -0.370 e. The first-order valence-electron chi connectivity index (χ1n) is 7.69. The van der Waals surface area contributed by atoms with Gasteiger partial charge in [-0.2, -0.15) is 0 Å². The van der Waals surface area contributed by atoms with Gasteiger partial charge >= 0.3 is 0 Å². The molecule has 22 heavy (non-hydrogen) atoms. The molecule has 0 atom stereocenters. The largest absolute Gasteiger partial charge is 0.370 e. The van der Waals surface area contributed by atoms with E-state index >= 15 is 0 Å². The predicted molar refractivity (Wildman–Crippen MR) is 104 cm³/mol. The van der Waals surface area contributed by atoms with Gasteiger partial charge in [0, 0.05) is 19.6 Å². The second kappa shape index (κ2) is 11.5. The maximum Gasteiger partial charge on any atom is 0.188 e. The van der Waals surface area contributed by atoms with Crippen LogP contribution in [0.3, 0.4) is 0 Å². The van der Waals surface area contributed by atoms with Crippen molar-refractivity contribution < 1.29 is 4.39 Å². The number of hydrogen-bond acceptors (Lipinski definition) is 2. The van der Waals surface area contributed by atoms with Gasteiger partial charge in [0.25, 0.3) is 0 Å². The van der Waals surface area contributed by atoms with Crippen molar-refractivity contribution in [2.75, 3.05) is 24.5 Å². The first-order valence-corrected chi connectivity index (χ1v) is 7.69. The summed E-state index contributed by atoms with van der Waals surface area (Å²) in [4.78, 5) is 6.21. The molecule has 4 nitrogen and oxygen atoms in total. The zero-order chi connectivity index (χ0) is 15.7. The van der Waals surface area contributed by atoms with Crippen molar-refractivity contribution in [3.05, 3.63) is 29.6 Å². The van der Waals surface area contributed by atoms with Crippen LogP contribution < -0.4 is 16.0 Å². The van der Waals surface area contributed by atoms with E-state index in [1.807, 2.05) is 30.9 Å². The van der Waals surface area contributed by atoms with E-state index < -0.39 is 0 Å². The summed E-state index contributed by atoms with van der Waals surface area (Å²) < 4.78 is 14.1. The number of guanidine groups is 1. The minimum atomic E-state index is -0.205. The predicted octanol–water partition coefficient (Wildman–Crippen LogP) is 3.49. The van der Waals surface area contributed by atoms with Crippen LogP contribution in [0.5, 0.6) is 0 Å². The van der Waals surface area contributed by atoms with Gasteiger partial charge in [-0.3, -0.25) is 0 Å². The van der Waals surface area contributed by atoms with Crippen molar-refractivity contribution in [3.8, 4) is 0 Å². The van der Waals surface area contributed by atoms with E-state index in [1.54, 1.807) is 0 Å². The molecule has 0 bridgehead atoms. The Morgan fingerprint density at radius 3 is 2.50 bits per heavy atom. The highest BCUT2D eigenvalue weighted by Gasteiger charge is 2.08. The van der Waals surface area contributed by atoms with Gasteiger partial charge in [0.2, 0.25) is 0 Å². The molecule has 1 aromatic rings. The van der Waals surface area contributed by atoms with Gasteiger partial charge < -0.3 is 16.0 Å². The second-order valence-electron chi connectivity index (χ2n) is 4.94. The molecule has 0 fully saturated rings. The van der Waals surface area contributed by atoms with Gasteiger partial charge in [-0.1, -0.05) is 19.4 Å². The summed E-state index contributed by atoms with van der Waals surface area (Å²) in [7, 11) is 0. The third kappa shape index (κ3) is 6.81. The Balaban J connectivity index is 0.00000441. The van der Waals surface area contributed by atoms with Crippen LogP contribution in [0.2, 0.25) is 0 Å². The molecule has 0 saturated heterocycles. The molecule has 0 amide bonds. The van der Waals surface area contributed by atoms with E-state index in [9.17, 15) is 4.39 Å². The molecular weight excluding hydrogens is 394 g/mol. The van der Waals surface area contributed by atoms with Crippen LogP contribution in [0.25, 0.3) is 0 Å². The molecule has 0 saturated carbocycles. The third-order valence-electron chi connectivity index (χ3n) is 3.38. The number of benzene rings is 1. The zero-order valence-corrected chi connectivity index (χ0v) is 16.1. The molecular formula is C16H28FIN4. The molecule has 0 aromatic heterocycles. The summed E-state index contributed by atoms with van der Waals surface area (Å²) in [6.07, 6.45) is 2.17. The van der Waals surface area contributed by atoms with Crippen molar-refractivity contribution >= 4 is 35.6 Å². The lowest BCUT2D eigenvalue weighted by molar-refractivity contribution is 0.617. The normalized spacial score (nSPS) is 11.0. The Kier molecular flexibility index (Phi) is 11.0. The highest BCUT2D eigenvalue weighted by molar-refractivity contribution is 14.0. The number of hydrogen-bond donors (Lipinski definition) is 2. The van der Waals surface area contributed by atoms with Crippen LogP contribution in [-0.4, -0.2) is 25.6 Å². The van der Waals surface area contributed by atoms with Gasteiger partial charge in [-0.05, 0) is 38.0 Å². The number of halogens is 2. The number of nitrogens with one attached hydrogen (secondary N) is 1. The molecule has 6 heteroatoms. The van der Waals surface area contributed by atoms with Crippen LogP contribution >= 0.6 is 24.0 Å². The van der Waals surface area contributed by atoms with Crippen LogP contribution in [-0.2, 0) is 6.54 Å². The Morgan fingerprint density at radius 1 is 1.27 bits per heavy atom. The van der Waals surface area contributed by atoms with Gasteiger partial charge in [-0.15, -0.1) is 24.0 Å². The minimum absolute atomic E-state index is 0. The molecule has 0 aliphatic rings. The number of unbranched alkanes of at least 4 members (excludes halogenated alkanes) is 1. The molecule has 0 unspecified atom stereocenters. The Labute approximate surface area is 150 Å². The first kappa shape index (κ1) is 20.9. The first-order chi connectivity index (χ1) is 10.1. The zero-order valence-electron chi connectivity index (χ0n) is 13.7. The Bertz CT molecular complexity index is 461. The number of rotatable bonds is 8. The average Bonchev–Trinajstić information content (AvgIpc) is 2.48. The number of anilines is 1. The maximum atomic E-state index is 14.1. The molecule has 0 aliphatic heterocycles. The van der Waals surface area contributed by atoms with E-state index in [0.717, 1.165) is 38.0 Å². The number of nitrogens with zero attached hydrogens (tertiary/aromatic N) is 2. The molecule has 1 aromatic carbocycles. The number of aliphatic imine (C=N–C) groups is 1. The average molecular weight is 422 g/mol. The third-order valence-corrected chi connectivity index (χ3v) is 3.38. The van der Waals surface area contributed by atoms with Crippen LogP contribution in [0.4, 0.5) is 10.1 Å². The van der Waals surface area contributed by atoms with Crippen molar-refractivity contribution in [1.29, 1.82) is 0 Å². The molecule has 0 aliphatic carbocycles. The lowest BCUT2D eigenvalue weighted by Crippen LogP contribution is -2.32. The highest BCUT2D eigenvalue weighted by Crippen LogP contribution is 2.20. The van der Waals surface area contributed by atoms with Crippen molar-refractivity contribution in [2.24, 2.45) is 10.7 Å². The van der Waals surface area contributed by atoms with E-state index in [4.69, 9.17) is 5.73 Å². The van der Waals surface area contributed by atoms with E-state index in [0.29, 0.717) is 18.2 Å². The Hall–Kier alpha value is -1.05. The lowest BCUT2D eigenvalue weighted by atomic mass is 10.2. The fraction of sp³-hybridized carbons (Fsp3) is 0.562. The van der Waals surface area contributed by atoms with E-state index in [-0.39, 0.29) is 29.8 Å². The summed E-state index contributed by atoms with van der Waals surface area (Å²) in [5.41, 5.74) is 7.22. The Morgan fingerprint density at radius 2 is 1.95 bits per heavy atom. The van der Waals surface area contributed by atoms with Crippen molar-refractivity contribution in [3.63, 3.8) is 0 Å².